The average Bonchev–Trinajstić information content (AvgIpc) is 2.36. The first kappa shape index (κ1) is 15.8. The van der Waals surface area contributed by atoms with Gasteiger partial charge in [0.2, 0.25) is 5.91 Å². The van der Waals surface area contributed by atoms with Crippen LogP contribution in [0.1, 0.15) is 32.6 Å². The summed E-state index contributed by atoms with van der Waals surface area (Å²) >= 11 is 0. The Labute approximate surface area is 109 Å². The average molecular weight is 281 g/mol. The number of halogens is 3. The van der Waals surface area contributed by atoms with E-state index in [-0.39, 0.29) is 12.8 Å². The zero-order chi connectivity index (χ0) is 14.6. The molecule has 0 aliphatic heterocycles. The lowest BCUT2D eigenvalue weighted by Gasteiger charge is -2.32. The molecule has 3 atom stereocenters. The lowest BCUT2D eigenvalue weighted by molar-refractivity contribution is -0.198. The molecule has 3 unspecified atom stereocenters. The number of alkyl halides is 3. The third kappa shape index (κ3) is 4.11. The fourth-order valence-electron chi connectivity index (χ4n) is 2.39. The summed E-state index contributed by atoms with van der Waals surface area (Å²) in [6.07, 6.45) is -3.15. The number of nitrogens with one attached hydrogen (secondary N) is 1. The minimum Gasteiger partial charge on any atom is -0.467 e. The highest BCUT2D eigenvalue weighted by molar-refractivity contribution is 5.85. The first-order valence-corrected chi connectivity index (χ1v) is 6.22. The molecule has 1 aliphatic carbocycles. The van der Waals surface area contributed by atoms with Crippen LogP contribution in [0, 0.1) is 11.8 Å². The second kappa shape index (κ2) is 6.25. The normalized spacial score (nSPS) is 25.5. The molecule has 0 aromatic heterocycles. The summed E-state index contributed by atoms with van der Waals surface area (Å²) in [7, 11) is 1.16. The van der Waals surface area contributed by atoms with E-state index in [1.165, 1.54) is 6.92 Å². The van der Waals surface area contributed by atoms with E-state index in [1.807, 2.05) is 0 Å². The van der Waals surface area contributed by atoms with Gasteiger partial charge in [-0.3, -0.25) is 4.79 Å². The fraction of sp³-hybridized carbons (Fsp3) is 0.833. The van der Waals surface area contributed by atoms with Gasteiger partial charge >= 0.3 is 12.1 Å². The minimum absolute atomic E-state index is 0.0335. The molecule has 1 aliphatic rings. The van der Waals surface area contributed by atoms with Crippen LogP contribution in [0.4, 0.5) is 13.2 Å². The van der Waals surface area contributed by atoms with Gasteiger partial charge in [0.15, 0.2) is 0 Å². The number of rotatable bonds is 3. The molecule has 0 spiro atoms. The van der Waals surface area contributed by atoms with Gasteiger partial charge < -0.3 is 10.1 Å². The molecule has 19 heavy (non-hydrogen) atoms. The molecule has 0 heterocycles. The fourth-order valence-corrected chi connectivity index (χ4v) is 2.39. The van der Waals surface area contributed by atoms with Gasteiger partial charge in [-0.1, -0.05) is 12.8 Å². The highest BCUT2D eigenvalue weighted by Gasteiger charge is 2.48. The molecule has 1 fully saturated rings. The van der Waals surface area contributed by atoms with E-state index < -0.39 is 35.9 Å². The molecule has 0 saturated heterocycles. The molecule has 0 radical (unpaired) electrons. The molecule has 4 nitrogen and oxygen atoms in total. The topological polar surface area (TPSA) is 55.4 Å². The van der Waals surface area contributed by atoms with E-state index in [0.29, 0.717) is 12.8 Å². The van der Waals surface area contributed by atoms with Gasteiger partial charge in [0.1, 0.15) is 6.04 Å². The van der Waals surface area contributed by atoms with Crippen molar-refractivity contribution in [1.29, 1.82) is 0 Å². The summed E-state index contributed by atoms with van der Waals surface area (Å²) in [6, 6.07) is -0.937. The van der Waals surface area contributed by atoms with Crippen molar-refractivity contribution in [3.05, 3.63) is 0 Å². The van der Waals surface area contributed by atoms with Gasteiger partial charge in [0.05, 0.1) is 13.0 Å². The van der Waals surface area contributed by atoms with Gasteiger partial charge in [-0.15, -0.1) is 0 Å². The highest BCUT2D eigenvalue weighted by atomic mass is 19.4. The lowest BCUT2D eigenvalue weighted by atomic mass is 9.78. The minimum atomic E-state index is -4.38. The van der Waals surface area contributed by atoms with E-state index in [2.05, 4.69) is 10.1 Å². The molecule has 0 bridgehead atoms. The van der Waals surface area contributed by atoms with Crippen molar-refractivity contribution < 1.29 is 27.5 Å². The van der Waals surface area contributed by atoms with Crippen LogP contribution >= 0.6 is 0 Å². The number of hydrogen-bond acceptors (Lipinski definition) is 3. The summed E-state index contributed by atoms with van der Waals surface area (Å²) in [5.41, 5.74) is 0. The second-order valence-electron chi connectivity index (χ2n) is 4.79. The monoisotopic (exact) mass is 281 g/mol. The van der Waals surface area contributed by atoms with Crippen LogP contribution in [0.3, 0.4) is 0 Å². The molecular formula is C12H18F3NO3. The molecule has 110 valence electrons. The largest absolute Gasteiger partial charge is 0.467 e. The van der Waals surface area contributed by atoms with Gasteiger partial charge in [-0.2, -0.15) is 13.2 Å². The number of hydrogen-bond donors (Lipinski definition) is 1. The number of ether oxygens (including phenoxy) is 1. The summed E-state index contributed by atoms with van der Waals surface area (Å²) in [4.78, 5) is 23.0. The summed E-state index contributed by atoms with van der Waals surface area (Å²) in [6.45, 7) is 1.38. The summed E-state index contributed by atoms with van der Waals surface area (Å²) in [5, 5.41) is 2.29. The van der Waals surface area contributed by atoms with Gasteiger partial charge in [-0.05, 0) is 19.8 Å². The van der Waals surface area contributed by atoms with Crippen molar-refractivity contribution in [1.82, 2.24) is 5.32 Å². The van der Waals surface area contributed by atoms with Crippen LogP contribution in [0.5, 0.6) is 0 Å². The number of carbonyl (C=O) groups excluding carboxylic acids is 2. The van der Waals surface area contributed by atoms with Gasteiger partial charge in [0, 0.05) is 5.92 Å². The molecular weight excluding hydrogens is 263 g/mol. The third-order valence-corrected chi connectivity index (χ3v) is 3.44. The van der Waals surface area contributed by atoms with Gasteiger partial charge in [0.25, 0.3) is 0 Å². The van der Waals surface area contributed by atoms with Gasteiger partial charge in [-0.25, -0.2) is 4.79 Å². The number of esters is 1. The van der Waals surface area contributed by atoms with Crippen LogP contribution < -0.4 is 5.32 Å². The molecule has 0 aromatic carbocycles. The van der Waals surface area contributed by atoms with E-state index in [9.17, 15) is 22.8 Å². The SMILES string of the molecule is COC(=O)C(C)NC(=O)C1CCCCC1C(F)(F)F. The third-order valence-electron chi connectivity index (χ3n) is 3.44. The Hall–Kier alpha value is -1.27. The van der Waals surface area contributed by atoms with E-state index >= 15 is 0 Å². The van der Waals surface area contributed by atoms with Crippen LogP contribution in [0.25, 0.3) is 0 Å². The van der Waals surface area contributed by atoms with Crippen molar-refractivity contribution in [2.24, 2.45) is 11.8 Å². The summed E-state index contributed by atoms with van der Waals surface area (Å²) < 4.78 is 42.9. The molecule has 1 rings (SSSR count). The molecule has 7 heteroatoms. The maximum absolute atomic E-state index is 12.8. The van der Waals surface area contributed by atoms with E-state index in [0.717, 1.165) is 7.11 Å². The van der Waals surface area contributed by atoms with Crippen LogP contribution in [0.2, 0.25) is 0 Å². The zero-order valence-corrected chi connectivity index (χ0v) is 10.9. The molecule has 1 N–H and O–H groups in total. The number of amides is 1. The predicted molar refractivity (Wildman–Crippen MR) is 61.1 cm³/mol. The molecule has 1 amide bonds. The van der Waals surface area contributed by atoms with Crippen LogP contribution in [-0.4, -0.2) is 31.2 Å². The standard InChI is InChI=1S/C12H18F3NO3/c1-7(11(18)19-2)16-10(17)8-5-3-4-6-9(8)12(13,14)15/h7-9H,3-6H2,1-2H3,(H,16,17). The van der Waals surface area contributed by atoms with Crippen molar-refractivity contribution in [2.75, 3.05) is 7.11 Å². The summed E-state index contributed by atoms with van der Waals surface area (Å²) in [5.74, 6) is -4.13. The Morgan fingerprint density at radius 1 is 1.26 bits per heavy atom. The Balaban J connectivity index is 2.70. The highest BCUT2D eigenvalue weighted by Crippen LogP contribution is 2.41. The maximum Gasteiger partial charge on any atom is 0.392 e. The Kier molecular flexibility index (Phi) is 5.20. The molecule has 0 aromatic rings. The van der Waals surface area contributed by atoms with Crippen molar-refractivity contribution in [3.63, 3.8) is 0 Å². The zero-order valence-electron chi connectivity index (χ0n) is 10.9. The van der Waals surface area contributed by atoms with Crippen LogP contribution in [-0.2, 0) is 14.3 Å². The van der Waals surface area contributed by atoms with E-state index in [1.54, 1.807) is 0 Å². The van der Waals surface area contributed by atoms with Crippen molar-refractivity contribution >= 4 is 11.9 Å². The Morgan fingerprint density at radius 2 is 1.84 bits per heavy atom. The quantitative estimate of drug-likeness (QED) is 0.805. The second-order valence-corrected chi connectivity index (χ2v) is 4.79. The van der Waals surface area contributed by atoms with Crippen LogP contribution in [0.15, 0.2) is 0 Å². The Morgan fingerprint density at radius 3 is 2.37 bits per heavy atom. The smallest absolute Gasteiger partial charge is 0.392 e. The lowest BCUT2D eigenvalue weighted by Crippen LogP contribution is -2.47. The van der Waals surface area contributed by atoms with Crippen molar-refractivity contribution in [3.8, 4) is 0 Å². The molecule has 1 saturated carbocycles. The van der Waals surface area contributed by atoms with Crippen molar-refractivity contribution in [2.45, 2.75) is 44.8 Å². The maximum atomic E-state index is 12.8. The first-order valence-electron chi connectivity index (χ1n) is 6.22. The first-order chi connectivity index (χ1) is 8.77. The van der Waals surface area contributed by atoms with E-state index in [4.69, 9.17) is 0 Å². The number of methoxy groups -OCH3 is 1. The number of carbonyl (C=O) groups is 2. The predicted octanol–water partition coefficient (Wildman–Crippen LogP) is 2.03. The Bertz CT molecular complexity index is 344.